The van der Waals surface area contributed by atoms with E-state index in [1.54, 1.807) is 28.4 Å². The summed E-state index contributed by atoms with van der Waals surface area (Å²) < 4.78 is 21.3. The molecule has 0 saturated heterocycles. The summed E-state index contributed by atoms with van der Waals surface area (Å²) in [6, 6.07) is 45.0. The number of ether oxygens (including phenoxy) is 4. The van der Waals surface area contributed by atoms with Gasteiger partial charge in [0, 0.05) is 44.5 Å². The van der Waals surface area contributed by atoms with E-state index in [0.717, 1.165) is 101 Å². The van der Waals surface area contributed by atoms with Gasteiger partial charge < -0.3 is 53.7 Å². The fraction of sp³-hybridized carbons (Fsp3) is 0.0833. The summed E-state index contributed by atoms with van der Waals surface area (Å²) in [6.07, 6.45) is 8.30. The van der Waals surface area contributed by atoms with E-state index < -0.39 is 0 Å². The molecule has 9 rings (SSSR count). The van der Waals surface area contributed by atoms with Crippen LogP contribution >= 0.6 is 0 Å². The van der Waals surface area contributed by atoms with Crippen molar-refractivity contribution in [2.75, 3.05) is 28.4 Å². The Bertz CT molecular complexity index is 2690. The van der Waals surface area contributed by atoms with E-state index in [9.17, 15) is 0 Å². The summed E-state index contributed by atoms with van der Waals surface area (Å²) in [7, 11) is 6.68. The summed E-state index contributed by atoms with van der Waals surface area (Å²) in [5.41, 5.74) is 13.2. The van der Waals surface area contributed by atoms with Gasteiger partial charge in [0.05, 0.1) is 51.2 Å². The summed E-state index contributed by atoms with van der Waals surface area (Å²) in [4.78, 5) is 17.8. The van der Waals surface area contributed by atoms with Crippen LogP contribution in [0.4, 0.5) is 0 Å². The van der Waals surface area contributed by atoms with Gasteiger partial charge in [-0.25, -0.2) is 9.97 Å². The first kappa shape index (κ1) is 43.9. The maximum atomic E-state index is 5.49. The first-order chi connectivity index (χ1) is 27.5. The Hall–Kier alpha value is -6.22. The predicted octanol–water partition coefficient (Wildman–Crippen LogP) is 5.18. The van der Waals surface area contributed by atoms with Crippen molar-refractivity contribution in [1.82, 2.24) is 19.9 Å². The normalized spacial score (nSPS) is 10.8. The van der Waals surface area contributed by atoms with E-state index in [1.165, 1.54) is 0 Å². The van der Waals surface area contributed by atoms with Gasteiger partial charge in [-0.15, -0.1) is 12.1 Å². The smallest absolute Gasteiger partial charge is 1.00 e. The van der Waals surface area contributed by atoms with E-state index in [-0.39, 0.29) is 41.9 Å². The molecule has 0 unspecified atom stereocenters. The van der Waals surface area contributed by atoms with E-state index in [4.69, 9.17) is 28.9 Å². The van der Waals surface area contributed by atoms with Crippen molar-refractivity contribution in [2.24, 2.45) is 0 Å². The zero-order valence-electron chi connectivity index (χ0n) is 32.6. The Morgan fingerprint density at radius 1 is 0.424 bits per heavy atom. The molecule has 0 atom stereocenters. The summed E-state index contributed by atoms with van der Waals surface area (Å²) in [5, 5.41) is 0. The van der Waals surface area contributed by atoms with Gasteiger partial charge >= 0.3 is 17.1 Å². The second kappa shape index (κ2) is 20.0. The summed E-state index contributed by atoms with van der Waals surface area (Å²) in [6.45, 7) is 0. The molecule has 8 nitrogen and oxygen atoms in total. The van der Waals surface area contributed by atoms with Crippen molar-refractivity contribution in [3.05, 3.63) is 156 Å². The van der Waals surface area contributed by atoms with Crippen LogP contribution in [0.1, 0.15) is 22.8 Å². The average Bonchev–Trinajstić information content (AvgIpc) is 4.10. The fourth-order valence-electron chi connectivity index (χ4n) is 6.83. The van der Waals surface area contributed by atoms with E-state index >= 15 is 0 Å². The number of aromatic nitrogens is 4. The van der Waals surface area contributed by atoms with Crippen LogP contribution in [0.15, 0.2) is 127 Å². The molecular weight excluding hydrogens is 822 g/mol. The van der Waals surface area contributed by atoms with Crippen LogP contribution in [0.3, 0.4) is 0 Å². The minimum absolute atomic E-state index is 0. The number of nitrogens with one attached hydrogen (secondary N) is 2. The van der Waals surface area contributed by atoms with Crippen LogP contribution in [-0.4, -0.2) is 48.4 Å². The van der Waals surface area contributed by atoms with Gasteiger partial charge in [-0.05, 0) is 108 Å². The van der Waals surface area contributed by atoms with Crippen LogP contribution in [0.5, 0.6) is 23.0 Å². The Morgan fingerprint density at radius 3 is 1.22 bits per heavy atom. The average molecular weight is 862 g/mol. The quantitative estimate of drug-likeness (QED) is 0.170. The maximum Gasteiger partial charge on any atom is 3.00 e. The second-order valence-corrected chi connectivity index (χ2v) is 13.0. The molecule has 0 radical (unpaired) electrons. The number of aromatic amines is 2. The number of hydrogen-bond donors (Lipinski definition) is 2. The standard InChI is InChI=1S/C41H32N4O3.C7H7O.2ClH.Mn/c1-46-30-12-4-25(5-13-30)39-33-18-10-28(42-33)24-29-11-19-34(43-29)40(26-6-14-31(47-2)15-7-26)36-21-23-38(45-36)41(37-22-20-35(39)44-37)27-8-16-32(48-3)17-9-27;1-8-7-5-3-2-4-6-7;;;/h4-24,42,45H,1-3H3;3-6H,1H3;2*1H;/q;-1;;;+3/p-2. The molecule has 2 N–H and O–H groups in total. The van der Waals surface area contributed by atoms with Gasteiger partial charge in [0.25, 0.3) is 0 Å². The first-order valence-electron chi connectivity index (χ1n) is 18.1. The molecule has 2 aliphatic rings. The van der Waals surface area contributed by atoms with Gasteiger partial charge in [-0.1, -0.05) is 36.4 Å². The predicted molar refractivity (Wildman–Crippen MR) is 227 cm³/mol. The molecule has 0 fully saturated rings. The van der Waals surface area contributed by atoms with Crippen molar-refractivity contribution < 1.29 is 60.8 Å². The molecule has 2 aliphatic heterocycles. The fourth-order valence-corrected chi connectivity index (χ4v) is 6.83. The van der Waals surface area contributed by atoms with Crippen molar-refractivity contribution >= 4 is 46.4 Å². The minimum atomic E-state index is 0. The van der Waals surface area contributed by atoms with Crippen LogP contribution in [0, 0.1) is 6.07 Å². The maximum absolute atomic E-state index is 5.49. The molecule has 11 heteroatoms. The van der Waals surface area contributed by atoms with Gasteiger partial charge in [-0.3, -0.25) is 0 Å². The number of methoxy groups -OCH3 is 4. The SMILES string of the molecule is COc1cc[c-]cc1.COc1ccc(-c2c3nc(c(-c4ccc(OC)cc4)c4ccc([nH]4)c(-c4ccc(OC)cc4)c4nc(cc5ccc2[nH]5)C=C4)C=C3)cc1.[Cl-].[Cl-].[Mn+3]. The van der Waals surface area contributed by atoms with Crippen LogP contribution in [-0.2, 0) is 17.1 Å². The third kappa shape index (κ3) is 9.57. The van der Waals surface area contributed by atoms with Crippen molar-refractivity contribution in [1.29, 1.82) is 0 Å². The zero-order valence-corrected chi connectivity index (χ0v) is 35.3. The Kier molecular flexibility index (Phi) is 14.9. The molecule has 0 saturated carbocycles. The number of halogens is 2. The van der Waals surface area contributed by atoms with Crippen molar-refractivity contribution in [2.45, 2.75) is 0 Å². The molecule has 0 aliphatic carbocycles. The second-order valence-electron chi connectivity index (χ2n) is 13.0. The van der Waals surface area contributed by atoms with Crippen molar-refractivity contribution in [3.63, 3.8) is 0 Å². The molecule has 5 heterocycles. The molecule has 59 heavy (non-hydrogen) atoms. The Labute approximate surface area is 366 Å². The molecule has 0 spiro atoms. The van der Waals surface area contributed by atoms with Crippen LogP contribution in [0.2, 0.25) is 0 Å². The van der Waals surface area contributed by atoms with E-state index in [0.29, 0.717) is 0 Å². The number of hydrogen-bond acceptors (Lipinski definition) is 6. The van der Waals surface area contributed by atoms with Gasteiger partial charge in [0.1, 0.15) is 17.2 Å². The molecular formula is C48H39Cl2MnN4O4. The number of fused-ring (bicyclic) bond motifs is 8. The molecule has 8 bridgehead atoms. The molecule has 3 aromatic heterocycles. The van der Waals surface area contributed by atoms with Gasteiger partial charge in [0.2, 0.25) is 0 Å². The minimum Gasteiger partial charge on any atom is -1.00 e. The number of benzene rings is 4. The third-order valence-electron chi connectivity index (χ3n) is 9.64. The molecule has 296 valence electrons. The zero-order chi connectivity index (χ0) is 38.4. The number of rotatable bonds is 7. The van der Waals surface area contributed by atoms with E-state index in [1.807, 2.05) is 60.7 Å². The topological polar surface area (TPSA) is 94.3 Å². The summed E-state index contributed by atoms with van der Waals surface area (Å²) >= 11 is 0. The summed E-state index contributed by atoms with van der Waals surface area (Å²) in [5.74, 6) is 3.26. The molecule has 0 amide bonds. The van der Waals surface area contributed by atoms with Gasteiger partial charge in [0.15, 0.2) is 0 Å². The van der Waals surface area contributed by atoms with Gasteiger partial charge in [-0.2, -0.15) is 18.2 Å². The largest absolute Gasteiger partial charge is 3.00 e. The number of H-pyrrole nitrogens is 2. The monoisotopic (exact) mass is 860 g/mol. The first-order valence-corrected chi connectivity index (χ1v) is 18.1. The van der Waals surface area contributed by atoms with Crippen molar-refractivity contribution in [3.8, 4) is 56.4 Å². The molecule has 4 aromatic carbocycles. The Morgan fingerprint density at radius 2 is 0.797 bits per heavy atom. The molecule has 7 aromatic rings. The Balaban J connectivity index is 0.000000541. The van der Waals surface area contributed by atoms with Crippen LogP contribution in [0.25, 0.3) is 79.8 Å². The van der Waals surface area contributed by atoms with Crippen LogP contribution < -0.4 is 43.8 Å². The van der Waals surface area contributed by atoms with E-state index in [2.05, 4.69) is 107 Å². The third-order valence-corrected chi connectivity index (χ3v) is 9.64. The number of nitrogens with zero attached hydrogens (tertiary/aromatic N) is 2.